The van der Waals surface area contributed by atoms with Crippen LogP contribution in [0.2, 0.25) is 5.02 Å². The molecule has 0 saturated carbocycles. The van der Waals surface area contributed by atoms with Crippen molar-refractivity contribution in [2.45, 2.75) is 19.9 Å². The summed E-state index contributed by atoms with van der Waals surface area (Å²) < 4.78 is 9.19. The van der Waals surface area contributed by atoms with Crippen molar-refractivity contribution >= 4 is 50.7 Å². The van der Waals surface area contributed by atoms with Gasteiger partial charge in [0.2, 0.25) is 0 Å². The van der Waals surface area contributed by atoms with Crippen molar-refractivity contribution in [3.8, 4) is 11.3 Å². The van der Waals surface area contributed by atoms with Crippen LogP contribution in [0.3, 0.4) is 0 Å². The van der Waals surface area contributed by atoms with Crippen LogP contribution in [0.4, 0.5) is 0 Å². The molecule has 0 saturated heterocycles. The minimum absolute atomic E-state index is 0.159. The van der Waals surface area contributed by atoms with Crippen molar-refractivity contribution in [2.24, 2.45) is 4.99 Å². The van der Waals surface area contributed by atoms with Gasteiger partial charge in [0.25, 0.3) is 5.56 Å². The third kappa shape index (κ3) is 4.04. The maximum Gasteiger partial charge on any atom is 0.271 e. The zero-order valence-corrected chi connectivity index (χ0v) is 21.4. The van der Waals surface area contributed by atoms with Crippen molar-refractivity contribution in [2.75, 3.05) is 0 Å². The van der Waals surface area contributed by atoms with E-state index in [2.05, 4.69) is 20.9 Å². The molecule has 0 amide bonds. The van der Waals surface area contributed by atoms with E-state index in [9.17, 15) is 9.59 Å². The van der Waals surface area contributed by atoms with E-state index < -0.39 is 6.04 Å². The number of hydrogen-bond donors (Lipinski definition) is 0. The van der Waals surface area contributed by atoms with Crippen molar-refractivity contribution in [1.29, 1.82) is 0 Å². The molecule has 1 aliphatic rings. The zero-order valence-electron chi connectivity index (χ0n) is 18.2. The van der Waals surface area contributed by atoms with E-state index in [-0.39, 0.29) is 11.3 Å². The second-order valence-corrected chi connectivity index (χ2v) is 10.2. The fraction of sp³-hybridized carbons (Fsp3) is 0.115. The quantitative estimate of drug-likeness (QED) is 0.335. The number of ketones is 1. The number of carbonyl (C=O) groups is 1. The molecule has 0 aliphatic carbocycles. The average Bonchev–Trinajstić information content (AvgIpc) is 3.40. The van der Waals surface area contributed by atoms with Gasteiger partial charge in [-0.05, 0) is 55.8 Å². The van der Waals surface area contributed by atoms with E-state index >= 15 is 0 Å². The zero-order chi connectivity index (χ0) is 24.0. The molecule has 0 N–H and O–H groups in total. The molecular formula is C26H18BrClN2O3S. The second-order valence-electron chi connectivity index (χ2n) is 7.87. The SMILES string of the molecule is CC(=O)C1=C(C)N=c2s/c(=C/c3ccccc3Cl)c(=O)n2[C@H]1c1ccc(-c2ccc(Br)cc2)o1. The normalized spacial score (nSPS) is 15.9. The van der Waals surface area contributed by atoms with Gasteiger partial charge >= 0.3 is 0 Å². The highest BCUT2D eigenvalue weighted by molar-refractivity contribution is 9.10. The van der Waals surface area contributed by atoms with Gasteiger partial charge in [0.05, 0.1) is 4.53 Å². The van der Waals surface area contributed by atoms with E-state index in [1.54, 1.807) is 23.6 Å². The fourth-order valence-electron chi connectivity index (χ4n) is 4.04. The first-order chi connectivity index (χ1) is 16.3. The standard InChI is InChI=1S/C26H18BrClN2O3S/c1-14-23(15(2)31)24(21-12-11-20(33-21)16-7-9-18(27)10-8-16)30-25(32)22(34-26(30)29-14)13-17-5-3-4-6-19(17)28/h3-13,24H,1-2H3/b22-13+/t24-/m0/s1. The lowest BCUT2D eigenvalue weighted by atomic mass is 9.98. The number of rotatable bonds is 4. The third-order valence-corrected chi connectivity index (χ3v) is 7.47. The molecule has 0 unspecified atom stereocenters. The first-order valence-corrected chi connectivity index (χ1v) is 12.5. The Hall–Kier alpha value is -3.00. The van der Waals surface area contributed by atoms with Crippen LogP contribution in [0.25, 0.3) is 17.4 Å². The Balaban J connectivity index is 1.70. The van der Waals surface area contributed by atoms with Crippen molar-refractivity contribution in [3.05, 3.63) is 112 Å². The molecule has 5 rings (SSSR count). The molecule has 4 aromatic rings. The number of halogens is 2. The minimum Gasteiger partial charge on any atom is -0.458 e. The predicted octanol–water partition coefficient (Wildman–Crippen LogP) is 5.50. The maximum atomic E-state index is 13.6. The van der Waals surface area contributed by atoms with Gasteiger partial charge in [-0.1, -0.05) is 69.2 Å². The number of aromatic nitrogens is 1. The number of allylic oxidation sites excluding steroid dienone is 2. The van der Waals surface area contributed by atoms with Crippen LogP contribution in [-0.4, -0.2) is 10.4 Å². The predicted molar refractivity (Wildman–Crippen MR) is 138 cm³/mol. The molecule has 0 spiro atoms. The lowest BCUT2D eigenvalue weighted by molar-refractivity contribution is -0.114. The van der Waals surface area contributed by atoms with Gasteiger partial charge in [-0.15, -0.1) is 0 Å². The molecule has 2 aromatic carbocycles. The molecule has 5 nitrogen and oxygen atoms in total. The van der Waals surface area contributed by atoms with Gasteiger partial charge in [0.15, 0.2) is 10.6 Å². The number of thiazole rings is 1. The number of benzene rings is 2. The van der Waals surface area contributed by atoms with E-state index in [1.807, 2.05) is 54.6 Å². The number of nitrogens with zero attached hydrogens (tertiary/aromatic N) is 2. The van der Waals surface area contributed by atoms with Crippen LogP contribution in [0.15, 0.2) is 90.6 Å². The van der Waals surface area contributed by atoms with Gasteiger partial charge in [-0.3, -0.25) is 14.2 Å². The Labute approximate surface area is 212 Å². The molecule has 1 atom stereocenters. The van der Waals surface area contributed by atoms with Gasteiger partial charge in [0.1, 0.15) is 17.6 Å². The Kier molecular flexibility index (Phi) is 6.02. The number of hydrogen-bond acceptors (Lipinski definition) is 5. The molecule has 3 heterocycles. The van der Waals surface area contributed by atoms with Crippen molar-refractivity contribution in [3.63, 3.8) is 0 Å². The number of Topliss-reactive ketones (excluding diaryl/α,β-unsaturated/α-hetero) is 1. The van der Waals surface area contributed by atoms with E-state index in [0.29, 0.717) is 37.1 Å². The molecular weight excluding hydrogens is 536 g/mol. The lowest BCUT2D eigenvalue weighted by Crippen LogP contribution is -2.39. The molecule has 0 fully saturated rings. The third-order valence-electron chi connectivity index (χ3n) is 5.62. The second kappa shape index (κ2) is 8.98. The van der Waals surface area contributed by atoms with Crippen molar-refractivity contribution in [1.82, 2.24) is 4.57 Å². The summed E-state index contributed by atoms with van der Waals surface area (Å²) >= 11 is 11.0. The van der Waals surface area contributed by atoms with Gasteiger partial charge in [0, 0.05) is 26.3 Å². The summed E-state index contributed by atoms with van der Waals surface area (Å²) in [5.41, 5.74) is 2.40. The van der Waals surface area contributed by atoms with Crippen LogP contribution in [0.1, 0.15) is 31.2 Å². The fourth-order valence-corrected chi connectivity index (χ4v) is 5.53. The molecule has 170 valence electrons. The van der Waals surface area contributed by atoms with Crippen LogP contribution < -0.4 is 14.9 Å². The van der Waals surface area contributed by atoms with E-state index in [0.717, 1.165) is 15.6 Å². The first-order valence-electron chi connectivity index (χ1n) is 10.5. The highest BCUT2D eigenvalue weighted by atomic mass is 79.9. The molecule has 0 radical (unpaired) electrons. The first kappa shape index (κ1) is 22.8. The Bertz CT molecular complexity index is 1640. The maximum absolute atomic E-state index is 13.6. The number of fused-ring (bicyclic) bond motifs is 1. The highest BCUT2D eigenvalue weighted by Gasteiger charge is 2.33. The molecule has 1 aliphatic heterocycles. The van der Waals surface area contributed by atoms with Gasteiger partial charge in [-0.25, -0.2) is 4.99 Å². The summed E-state index contributed by atoms with van der Waals surface area (Å²) in [6.45, 7) is 3.27. The minimum atomic E-state index is -0.702. The van der Waals surface area contributed by atoms with E-state index in [4.69, 9.17) is 16.0 Å². The van der Waals surface area contributed by atoms with Crippen LogP contribution in [0, 0.1) is 0 Å². The van der Waals surface area contributed by atoms with E-state index in [1.165, 1.54) is 18.3 Å². The number of carbonyl (C=O) groups excluding carboxylic acids is 1. The average molecular weight is 554 g/mol. The summed E-state index contributed by atoms with van der Waals surface area (Å²) in [4.78, 5) is 31.3. The highest BCUT2D eigenvalue weighted by Crippen LogP contribution is 2.34. The Morgan fingerprint density at radius 1 is 1.15 bits per heavy atom. The van der Waals surface area contributed by atoms with Crippen LogP contribution >= 0.6 is 38.9 Å². The Morgan fingerprint density at radius 3 is 2.59 bits per heavy atom. The van der Waals surface area contributed by atoms with Crippen LogP contribution in [-0.2, 0) is 4.79 Å². The Morgan fingerprint density at radius 2 is 1.88 bits per heavy atom. The lowest BCUT2D eigenvalue weighted by Gasteiger charge is -2.22. The molecule has 0 bridgehead atoms. The monoisotopic (exact) mass is 552 g/mol. The smallest absolute Gasteiger partial charge is 0.271 e. The van der Waals surface area contributed by atoms with Crippen LogP contribution in [0.5, 0.6) is 0 Å². The summed E-state index contributed by atoms with van der Waals surface area (Å²) in [5, 5.41) is 0.552. The molecule has 34 heavy (non-hydrogen) atoms. The summed E-state index contributed by atoms with van der Waals surface area (Å²) in [6, 6.07) is 18.0. The largest absolute Gasteiger partial charge is 0.458 e. The summed E-state index contributed by atoms with van der Waals surface area (Å²) in [6.07, 6.45) is 1.76. The molecule has 8 heteroatoms. The summed E-state index contributed by atoms with van der Waals surface area (Å²) in [5.74, 6) is 0.995. The summed E-state index contributed by atoms with van der Waals surface area (Å²) in [7, 11) is 0. The van der Waals surface area contributed by atoms with Gasteiger partial charge in [-0.2, -0.15) is 0 Å². The number of furan rings is 1. The van der Waals surface area contributed by atoms with Crippen molar-refractivity contribution < 1.29 is 9.21 Å². The van der Waals surface area contributed by atoms with Gasteiger partial charge < -0.3 is 4.42 Å². The topological polar surface area (TPSA) is 64.6 Å². The molecule has 2 aromatic heterocycles.